The monoisotopic (exact) mass is 414 g/mol. The molecule has 0 aliphatic carbocycles. The second-order valence-electron chi connectivity index (χ2n) is 7.01. The molecule has 0 atom stereocenters. The molecule has 0 saturated heterocycles. The maximum Gasteiger partial charge on any atom is 0.255 e. The van der Waals surface area contributed by atoms with Crippen molar-refractivity contribution in [1.82, 2.24) is 5.32 Å². The third-order valence-electron chi connectivity index (χ3n) is 4.87. The van der Waals surface area contributed by atoms with Crippen molar-refractivity contribution in [2.24, 2.45) is 0 Å². The molecule has 3 aromatic rings. The Morgan fingerprint density at radius 3 is 2.45 bits per heavy atom. The summed E-state index contributed by atoms with van der Waals surface area (Å²) in [6, 6.07) is 22.2. The second kappa shape index (κ2) is 10.8. The number of benzene rings is 3. The highest BCUT2D eigenvalue weighted by Gasteiger charge is 2.15. The van der Waals surface area contributed by atoms with Gasteiger partial charge in [-0.3, -0.25) is 9.59 Å². The normalized spacial score (nSPS) is 10.2. The van der Waals surface area contributed by atoms with Gasteiger partial charge in [0.2, 0.25) is 0 Å². The van der Waals surface area contributed by atoms with E-state index >= 15 is 0 Å². The first-order valence-electron chi connectivity index (χ1n) is 10.1. The number of hydrogen-bond donors (Lipinski definition) is 2. The summed E-state index contributed by atoms with van der Waals surface area (Å²) in [5.74, 6) is 0.182. The first-order chi connectivity index (χ1) is 15.1. The van der Waals surface area contributed by atoms with Crippen LogP contribution in [0, 0.1) is 0 Å². The van der Waals surface area contributed by atoms with Crippen molar-refractivity contribution in [3.63, 3.8) is 0 Å². The van der Waals surface area contributed by atoms with Gasteiger partial charge in [-0.15, -0.1) is 6.58 Å². The highest BCUT2D eigenvalue weighted by atomic mass is 16.5. The molecule has 0 aliphatic heterocycles. The number of rotatable bonds is 9. The minimum Gasteiger partial charge on any atom is -0.496 e. The molecule has 0 radical (unpaired) electrons. The van der Waals surface area contributed by atoms with Crippen LogP contribution in [0.5, 0.6) is 5.75 Å². The van der Waals surface area contributed by atoms with Crippen LogP contribution in [0.3, 0.4) is 0 Å². The van der Waals surface area contributed by atoms with Crippen LogP contribution in [-0.4, -0.2) is 25.5 Å². The van der Waals surface area contributed by atoms with E-state index in [1.807, 2.05) is 30.3 Å². The summed E-state index contributed by atoms with van der Waals surface area (Å²) in [4.78, 5) is 25.5. The Labute approximate surface area is 182 Å². The number of anilines is 1. The number of nitrogens with one attached hydrogen (secondary N) is 2. The number of methoxy groups -OCH3 is 1. The fourth-order valence-electron chi connectivity index (χ4n) is 3.28. The molecule has 5 heteroatoms. The predicted molar refractivity (Wildman–Crippen MR) is 124 cm³/mol. The van der Waals surface area contributed by atoms with E-state index in [2.05, 4.69) is 17.2 Å². The zero-order valence-corrected chi connectivity index (χ0v) is 17.6. The van der Waals surface area contributed by atoms with E-state index in [-0.39, 0.29) is 11.8 Å². The standard InChI is InChI=1S/C26H26N2O3/c1-3-9-20-18-21(14-15-24(20)31-2)25(29)28-23-13-8-7-12-22(23)26(30)27-17-16-19-10-5-4-6-11-19/h3-8,10-15,18H,1,9,16-17H2,2H3,(H,27,30)(H,28,29). The van der Waals surface area contributed by atoms with Crippen molar-refractivity contribution in [2.45, 2.75) is 12.8 Å². The smallest absolute Gasteiger partial charge is 0.255 e. The molecule has 5 nitrogen and oxygen atoms in total. The van der Waals surface area contributed by atoms with E-state index in [1.54, 1.807) is 55.7 Å². The van der Waals surface area contributed by atoms with E-state index in [9.17, 15) is 9.59 Å². The van der Waals surface area contributed by atoms with Crippen LogP contribution in [0.1, 0.15) is 31.8 Å². The summed E-state index contributed by atoms with van der Waals surface area (Å²) in [6.07, 6.45) is 3.08. The van der Waals surface area contributed by atoms with Crippen molar-refractivity contribution >= 4 is 17.5 Å². The lowest BCUT2D eigenvalue weighted by molar-refractivity contribution is 0.0955. The van der Waals surface area contributed by atoms with Gasteiger partial charge in [0.15, 0.2) is 0 Å². The van der Waals surface area contributed by atoms with Crippen molar-refractivity contribution in [3.05, 3.63) is 108 Å². The molecule has 0 spiro atoms. The summed E-state index contributed by atoms with van der Waals surface area (Å²) in [6.45, 7) is 4.26. The van der Waals surface area contributed by atoms with E-state index in [4.69, 9.17) is 4.74 Å². The largest absolute Gasteiger partial charge is 0.496 e. The molecule has 0 unspecified atom stereocenters. The second-order valence-corrected chi connectivity index (χ2v) is 7.01. The Balaban J connectivity index is 1.69. The summed E-state index contributed by atoms with van der Waals surface area (Å²) >= 11 is 0. The average molecular weight is 415 g/mol. The maximum atomic E-state index is 12.8. The molecule has 2 N–H and O–H groups in total. The van der Waals surface area contributed by atoms with Crippen LogP contribution in [0.2, 0.25) is 0 Å². The van der Waals surface area contributed by atoms with Crippen LogP contribution in [-0.2, 0) is 12.8 Å². The number of carbonyl (C=O) groups excluding carboxylic acids is 2. The zero-order valence-electron chi connectivity index (χ0n) is 17.6. The molecular formula is C26H26N2O3. The average Bonchev–Trinajstić information content (AvgIpc) is 2.80. The molecule has 3 rings (SSSR count). The Morgan fingerprint density at radius 1 is 0.968 bits per heavy atom. The molecule has 0 heterocycles. The van der Waals surface area contributed by atoms with Gasteiger partial charge < -0.3 is 15.4 Å². The van der Waals surface area contributed by atoms with Gasteiger partial charge in [-0.1, -0.05) is 48.5 Å². The first-order valence-corrected chi connectivity index (χ1v) is 10.1. The number of carbonyl (C=O) groups is 2. The summed E-state index contributed by atoms with van der Waals surface area (Å²) < 4.78 is 5.34. The van der Waals surface area contributed by atoms with Crippen LogP contribution < -0.4 is 15.4 Å². The Bertz CT molecular complexity index is 1060. The van der Waals surface area contributed by atoms with Gasteiger partial charge in [0.25, 0.3) is 11.8 Å². The Kier molecular flexibility index (Phi) is 7.60. The first kappa shape index (κ1) is 21.8. The molecule has 0 aliphatic rings. The highest BCUT2D eigenvalue weighted by molar-refractivity contribution is 6.09. The maximum absolute atomic E-state index is 12.8. The summed E-state index contributed by atoms with van der Waals surface area (Å²) in [7, 11) is 1.59. The van der Waals surface area contributed by atoms with Gasteiger partial charge in [-0.25, -0.2) is 0 Å². The van der Waals surface area contributed by atoms with Crippen LogP contribution in [0.25, 0.3) is 0 Å². The van der Waals surface area contributed by atoms with Gasteiger partial charge in [0, 0.05) is 12.1 Å². The van der Waals surface area contributed by atoms with Gasteiger partial charge in [-0.2, -0.15) is 0 Å². The van der Waals surface area contributed by atoms with E-state index < -0.39 is 0 Å². The summed E-state index contributed by atoms with van der Waals surface area (Å²) in [5.41, 5.74) is 3.39. The van der Waals surface area contributed by atoms with Crippen LogP contribution >= 0.6 is 0 Å². The molecule has 0 bridgehead atoms. The lowest BCUT2D eigenvalue weighted by atomic mass is 10.1. The Morgan fingerprint density at radius 2 is 1.71 bits per heavy atom. The molecule has 0 fully saturated rings. The number of hydrogen-bond acceptors (Lipinski definition) is 3. The molecule has 31 heavy (non-hydrogen) atoms. The number of amides is 2. The zero-order chi connectivity index (χ0) is 22.1. The van der Waals surface area contributed by atoms with E-state index in [1.165, 1.54) is 0 Å². The van der Waals surface area contributed by atoms with Crippen molar-refractivity contribution < 1.29 is 14.3 Å². The quantitative estimate of drug-likeness (QED) is 0.501. The molecule has 0 saturated carbocycles. The van der Waals surface area contributed by atoms with E-state index in [0.29, 0.717) is 35.5 Å². The van der Waals surface area contributed by atoms with E-state index in [0.717, 1.165) is 17.5 Å². The van der Waals surface area contributed by atoms with Crippen molar-refractivity contribution in [3.8, 4) is 5.75 Å². The summed E-state index contributed by atoms with van der Waals surface area (Å²) in [5, 5.41) is 5.78. The lowest BCUT2D eigenvalue weighted by Gasteiger charge is -2.13. The minimum absolute atomic E-state index is 0.228. The number of allylic oxidation sites excluding steroid dienone is 1. The lowest BCUT2D eigenvalue weighted by Crippen LogP contribution is -2.27. The van der Waals surface area contributed by atoms with Gasteiger partial charge in [0.05, 0.1) is 18.4 Å². The van der Waals surface area contributed by atoms with Crippen LogP contribution in [0.15, 0.2) is 85.5 Å². The molecule has 3 aromatic carbocycles. The number of para-hydroxylation sites is 1. The predicted octanol–water partition coefficient (Wildman–Crippen LogP) is 4.65. The SMILES string of the molecule is C=CCc1cc(C(=O)Nc2ccccc2C(=O)NCCc2ccccc2)ccc1OC. The molecular weight excluding hydrogens is 388 g/mol. The van der Waals surface area contributed by atoms with Gasteiger partial charge in [-0.05, 0) is 54.3 Å². The molecule has 158 valence electrons. The van der Waals surface area contributed by atoms with Gasteiger partial charge in [0.1, 0.15) is 5.75 Å². The molecule has 0 aromatic heterocycles. The Hall–Kier alpha value is -3.86. The minimum atomic E-state index is -0.294. The number of ether oxygens (including phenoxy) is 1. The molecule has 2 amide bonds. The third-order valence-corrected chi connectivity index (χ3v) is 4.87. The van der Waals surface area contributed by atoms with Crippen molar-refractivity contribution in [1.29, 1.82) is 0 Å². The van der Waals surface area contributed by atoms with Gasteiger partial charge >= 0.3 is 0 Å². The van der Waals surface area contributed by atoms with Crippen LogP contribution in [0.4, 0.5) is 5.69 Å². The fourth-order valence-corrected chi connectivity index (χ4v) is 3.28. The van der Waals surface area contributed by atoms with Crippen molar-refractivity contribution in [2.75, 3.05) is 19.0 Å². The topological polar surface area (TPSA) is 67.4 Å². The third kappa shape index (κ3) is 5.82. The fraction of sp³-hybridized carbons (Fsp3) is 0.154. The highest BCUT2D eigenvalue weighted by Crippen LogP contribution is 2.22.